The van der Waals surface area contributed by atoms with Crippen molar-refractivity contribution >= 4 is 23.7 Å². The summed E-state index contributed by atoms with van der Waals surface area (Å²) in [5.41, 5.74) is 1.13. The Hall–Kier alpha value is -1.69. The molecule has 144 valence electrons. The standard InChI is InChI=1S/C20H31N3O2S/c1-15(2)19(24)23-10-8-16(9-11-23)13-21-20(25)22(3)14-17-6-5-7-18(12-17)26-4/h5-7,12,15-16H,8-11,13-14H2,1-4H3,(H,21,25). The van der Waals surface area contributed by atoms with E-state index in [0.717, 1.165) is 31.5 Å². The van der Waals surface area contributed by atoms with Gasteiger partial charge in [0.2, 0.25) is 5.91 Å². The molecule has 1 saturated heterocycles. The number of carbonyl (C=O) groups excluding carboxylic acids is 2. The van der Waals surface area contributed by atoms with Crippen LogP contribution in [0, 0.1) is 11.8 Å². The fourth-order valence-electron chi connectivity index (χ4n) is 3.21. The van der Waals surface area contributed by atoms with E-state index in [1.807, 2.05) is 37.9 Å². The molecule has 1 fully saturated rings. The van der Waals surface area contributed by atoms with Gasteiger partial charge in [-0.15, -0.1) is 11.8 Å². The minimum Gasteiger partial charge on any atom is -0.342 e. The van der Waals surface area contributed by atoms with Gasteiger partial charge in [-0.1, -0.05) is 26.0 Å². The van der Waals surface area contributed by atoms with Gasteiger partial charge in [0, 0.05) is 44.0 Å². The van der Waals surface area contributed by atoms with E-state index in [9.17, 15) is 9.59 Å². The molecule has 1 N–H and O–H groups in total. The van der Waals surface area contributed by atoms with Crippen molar-refractivity contribution in [1.29, 1.82) is 0 Å². The van der Waals surface area contributed by atoms with Crippen LogP contribution in [-0.4, -0.2) is 54.7 Å². The van der Waals surface area contributed by atoms with Crippen LogP contribution in [0.5, 0.6) is 0 Å². The first kappa shape index (κ1) is 20.6. The van der Waals surface area contributed by atoms with Crippen LogP contribution in [0.15, 0.2) is 29.2 Å². The zero-order chi connectivity index (χ0) is 19.1. The van der Waals surface area contributed by atoms with E-state index in [0.29, 0.717) is 19.0 Å². The lowest BCUT2D eigenvalue weighted by atomic mass is 9.96. The minimum absolute atomic E-state index is 0.0414. The summed E-state index contributed by atoms with van der Waals surface area (Å²) in [6.07, 6.45) is 3.96. The number of hydrogen-bond acceptors (Lipinski definition) is 3. The predicted octanol–water partition coefficient (Wildman–Crippen LogP) is 3.44. The molecule has 0 radical (unpaired) electrons. The van der Waals surface area contributed by atoms with Crippen molar-refractivity contribution < 1.29 is 9.59 Å². The molecule has 1 heterocycles. The number of thioether (sulfide) groups is 1. The van der Waals surface area contributed by atoms with E-state index in [4.69, 9.17) is 0 Å². The van der Waals surface area contributed by atoms with Gasteiger partial charge in [-0.3, -0.25) is 4.79 Å². The maximum absolute atomic E-state index is 12.4. The van der Waals surface area contributed by atoms with Crippen LogP contribution < -0.4 is 5.32 Å². The Balaban J connectivity index is 1.74. The molecule has 6 heteroatoms. The van der Waals surface area contributed by atoms with E-state index in [-0.39, 0.29) is 17.9 Å². The van der Waals surface area contributed by atoms with Gasteiger partial charge in [-0.05, 0) is 42.7 Å². The smallest absolute Gasteiger partial charge is 0.317 e. The maximum atomic E-state index is 12.4. The molecule has 0 aliphatic carbocycles. The van der Waals surface area contributed by atoms with Crippen molar-refractivity contribution in [3.05, 3.63) is 29.8 Å². The molecule has 1 aromatic carbocycles. The third kappa shape index (κ3) is 5.94. The third-order valence-corrected chi connectivity index (χ3v) is 5.59. The van der Waals surface area contributed by atoms with Gasteiger partial charge in [0.05, 0.1) is 0 Å². The molecular formula is C20H31N3O2S. The normalized spacial score (nSPS) is 15.2. The first-order chi connectivity index (χ1) is 12.4. The van der Waals surface area contributed by atoms with Crippen LogP contribution in [0.1, 0.15) is 32.3 Å². The van der Waals surface area contributed by atoms with E-state index >= 15 is 0 Å². The van der Waals surface area contributed by atoms with Gasteiger partial charge < -0.3 is 15.1 Å². The largest absolute Gasteiger partial charge is 0.342 e. The average molecular weight is 378 g/mol. The molecule has 0 aromatic heterocycles. The molecule has 0 unspecified atom stereocenters. The van der Waals surface area contributed by atoms with Crippen molar-refractivity contribution in [2.45, 2.75) is 38.1 Å². The Kier molecular flexibility index (Phi) is 7.82. The topological polar surface area (TPSA) is 52.7 Å². The van der Waals surface area contributed by atoms with Crippen molar-refractivity contribution in [2.24, 2.45) is 11.8 Å². The number of likely N-dealkylation sites (tertiary alicyclic amines) is 1. The van der Waals surface area contributed by atoms with Crippen LogP contribution in [0.4, 0.5) is 4.79 Å². The highest BCUT2D eigenvalue weighted by molar-refractivity contribution is 7.98. The number of amides is 3. The van der Waals surface area contributed by atoms with E-state index in [1.165, 1.54) is 4.90 Å². The molecule has 1 aliphatic rings. The SMILES string of the molecule is CSc1cccc(CN(C)C(=O)NCC2CCN(C(=O)C(C)C)CC2)c1. The Labute approximate surface area is 161 Å². The first-order valence-corrected chi connectivity index (χ1v) is 10.5. The quantitative estimate of drug-likeness (QED) is 0.773. The molecular weight excluding hydrogens is 346 g/mol. The lowest BCUT2D eigenvalue weighted by Gasteiger charge is -2.33. The number of urea groups is 1. The maximum Gasteiger partial charge on any atom is 0.317 e. The van der Waals surface area contributed by atoms with Gasteiger partial charge in [-0.2, -0.15) is 0 Å². The summed E-state index contributed by atoms with van der Waals surface area (Å²) in [6, 6.07) is 8.23. The summed E-state index contributed by atoms with van der Waals surface area (Å²) in [6.45, 7) is 6.77. The number of benzene rings is 1. The molecule has 1 aliphatic heterocycles. The molecule has 0 spiro atoms. The van der Waals surface area contributed by atoms with Crippen LogP contribution in [0.3, 0.4) is 0 Å². The highest BCUT2D eigenvalue weighted by Crippen LogP contribution is 2.19. The number of rotatable bonds is 6. The lowest BCUT2D eigenvalue weighted by Crippen LogP contribution is -2.44. The number of carbonyl (C=O) groups is 2. The van der Waals surface area contributed by atoms with E-state index < -0.39 is 0 Å². The highest BCUT2D eigenvalue weighted by atomic mass is 32.2. The lowest BCUT2D eigenvalue weighted by molar-refractivity contribution is -0.135. The second-order valence-electron chi connectivity index (χ2n) is 7.32. The zero-order valence-electron chi connectivity index (χ0n) is 16.3. The summed E-state index contributed by atoms with van der Waals surface area (Å²) < 4.78 is 0. The number of hydrogen-bond donors (Lipinski definition) is 1. The van der Waals surface area contributed by atoms with Gasteiger partial charge in [0.1, 0.15) is 0 Å². The fourth-order valence-corrected chi connectivity index (χ4v) is 3.69. The van der Waals surface area contributed by atoms with Crippen molar-refractivity contribution in [2.75, 3.05) is 32.9 Å². The zero-order valence-corrected chi connectivity index (χ0v) is 17.1. The van der Waals surface area contributed by atoms with Crippen LogP contribution >= 0.6 is 11.8 Å². The van der Waals surface area contributed by atoms with Crippen LogP contribution in [-0.2, 0) is 11.3 Å². The van der Waals surface area contributed by atoms with Crippen LogP contribution in [0.25, 0.3) is 0 Å². The molecule has 2 rings (SSSR count). The van der Waals surface area contributed by atoms with Gasteiger partial charge in [0.25, 0.3) is 0 Å². The van der Waals surface area contributed by atoms with Crippen molar-refractivity contribution in [3.8, 4) is 0 Å². The number of nitrogens with zero attached hydrogens (tertiary/aromatic N) is 2. The Morgan fingerprint density at radius 2 is 2.00 bits per heavy atom. The van der Waals surface area contributed by atoms with Gasteiger partial charge in [-0.25, -0.2) is 4.79 Å². The first-order valence-electron chi connectivity index (χ1n) is 9.31. The van der Waals surface area contributed by atoms with E-state index in [2.05, 4.69) is 23.7 Å². The Morgan fingerprint density at radius 3 is 2.62 bits per heavy atom. The Morgan fingerprint density at radius 1 is 1.31 bits per heavy atom. The third-order valence-electron chi connectivity index (χ3n) is 4.86. The number of piperidine rings is 1. The second kappa shape index (κ2) is 9.86. The summed E-state index contributed by atoms with van der Waals surface area (Å²) >= 11 is 1.70. The minimum atomic E-state index is -0.0414. The summed E-state index contributed by atoms with van der Waals surface area (Å²) in [5, 5.41) is 3.05. The molecule has 0 saturated carbocycles. The summed E-state index contributed by atoms with van der Waals surface area (Å²) in [7, 11) is 1.82. The molecule has 5 nitrogen and oxygen atoms in total. The second-order valence-corrected chi connectivity index (χ2v) is 8.20. The monoisotopic (exact) mass is 377 g/mol. The Bertz CT molecular complexity index is 613. The average Bonchev–Trinajstić information content (AvgIpc) is 2.65. The van der Waals surface area contributed by atoms with Gasteiger partial charge in [0.15, 0.2) is 0 Å². The fraction of sp³-hybridized carbons (Fsp3) is 0.600. The summed E-state index contributed by atoms with van der Waals surface area (Å²) in [4.78, 5) is 29.3. The highest BCUT2D eigenvalue weighted by Gasteiger charge is 2.24. The van der Waals surface area contributed by atoms with E-state index in [1.54, 1.807) is 16.7 Å². The molecule has 26 heavy (non-hydrogen) atoms. The van der Waals surface area contributed by atoms with Gasteiger partial charge >= 0.3 is 6.03 Å². The molecule has 1 aromatic rings. The van der Waals surface area contributed by atoms with Crippen molar-refractivity contribution in [3.63, 3.8) is 0 Å². The van der Waals surface area contributed by atoms with Crippen LogP contribution in [0.2, 0.25) is 0 Å². The number of nitrogens with one attached hydrogen (secondary N) is 1. The molecule has 0 bridgehead atoms. The summed E-state index contributed by atoms with van der Waals surface area (Å²) in [5.74, 6) is 0.743. The molecule has 0 atom stereocenters. The van der Waals surface area contributed by atoms with Crippen molar-refractivity contribution in [1.82, 2.24) is 15.1 Å². The predicted molar refractivity (Wildman–Crippen MR) is 107 cm³/mol. The molecule has 3 amide bonds.